The zero-order valence-corrected chi connectivity index (χ0v) is 15.4. The number of rotatable bonds is 6. The molecule has 0 bridgehead atoms. The number of hydrogen-bond acceptors (Lipinski definition) is 4. The molecule has 0 atom stereocenters. The summed E-state index contributed by atoms with van der Waals surface area (Å²) in [7, 11) is -3.27. The fraction of sp³-hybridized carbons (Fsp3) is 0.368. The molecular formula is C19H23N3O3S. The van der Waals surface area contributed by atoms with Gasteiger partial charge in [-0.05, 0) is 55.5 Å². The van der Waals surface area contributed by atoms with Gasteiger partial charge in [-0.1, -0.05) is 12.1 Å². The molecule has 1 aromatic heterocycles. The van der Waals surface area contributed by atoms with Crippen molar-refractivity contribution in [1.29, 1.82) is 0 Å². The summed E-state index contributed by atoms with van der Waals surface area (Å²) in [6, 6.07) is 10.7. The zero-order valence-electron chi connectivity index (χ0n) is 14.6. The Balaban J connectivity index is 1.58. The van der Waals surface area contributed by atoms with Crippen LogP contribution in [0.15, 0.2) is 48.8 Å². The van der Waals surface area contributed by atoms with E-state index in [1.165, 1.54) is 4.31 Å². The minimum absolute atomic E-state index is 0.164. The van der Waals surface area contributed by atoms with Crippen molar-refractivity contribution >= 4 is 21.6 Å². The Hall–Kier alpha value is -2.41. The number of amides is 1. The lowest BCUT2D eigenvalue weighted by Gasteiger charge is -2.28. The van der Waals surface area contributed by atoms with Gasteiger partial charge in [0.25, 0.3) is 5.91 Å². The average molecular weight is 373 g/mol. The van der Waals surface area contributed by atoms with E-state index in [0.717, 1.165) is 24.8 Å². The largest absolute Gasteiger partial charge is 0.352 e. The van der Waals surface area contributed by atoms with Crippen molar-refractivity contribution in [1.82, 2.24) is 10.3 Å². The van der Waals surface area contributed by atoms with E-state index in [0.29, 0.717) is 30.8 Å². The van der Waals surface area contributed by atoms with E-state index in [1.54, 1.807) is 30.5 Å². The van der Waals surface area contributed by atoms with E-state index in [1.807, 2.05) is 18.3 Å². The molecular weight excluding hydrogens is 350 g/mol. The van der Waals surface area contributed by atoms with Crippen LogP contribution in [-0.2, 0) is 16.4 Å². The summed E-state index contributed by atoms with van der Waals surface area (Å²) >= 11 is 0. The highest BCUT2D eigenvalue weighted by molar-refractivity contribution is 7.92. The summed E-state index contributed by atoms with van der Waals surface area (Å²) in [6.45, 7) is 1.03. The molecule has 1 aliphatic rings. The molecule has 1 fully saturated rings. The third kappa shape index (κ3) is 4.60. The molecule has 6 nitrogen and oxygen atoms in total. The lowest BCUT2D eigenvalue weighted by Crippen LogP contribution is -2.38. The standard InChI is InChI=1S/C19H23N3O3S/c23-19(21-11-5-7-16-6-4-10-20-15-16)17-8-3-9-18(14-17)22-12-1-2-13-26(22,24)25/h3-4,6,8-10,14-15H,1-2,5,7,11-13H2,(H,21,23). The molecule has 0 aliphatic carbocycles. The Bertz CT molecular complexity index is 853. The molecule has 3 rings (SSSR count). The SMILES string of the molecule is O=C(NCCCc1cccnc1)c1cccc(N2CCCCS2(=O)=O)c1. The summed E-state index contributed by atoms with van der Waals surface area (Å²) in [5.74, 6) is -0.0231. The molecule has 26 heavy (non-hydrogen) atoms. The second-order valence-electron chi connectivity index (χ2n) is 6.37. The molecule has 1 aliphatic heterocycles. The van der Waals surface area contributed by atoms with Gasteiger partial charge in [0.2, 0.25) is 10.0 Å². The van der Waals surface area contributed by atoms with Gasteiger partial charge in [-0.25, -0.2) is 8.42 Å². The maximum Gasteiger partial charge on any atom is 0.251 e. The van der Waals surface area contributed by atoms with E-state index >= 15 is 0 Å². The molecule has 1 amide bonds. The molecule has 138 valence electrons. The maximum absolute atomic E-state index is 12.4. The van der Waals surface area contributed by atoms with Crippen LogP contribution in [0.4, 0.5) is 5.69 Å². The van der Waals surface area contributed by atoms with Crippen LogP contribution in [0.5, 0.6) is 0 Å². The van der Waals surface area contributed by atoms with Gasteiger partial charge in [-0.15, -0.1) is 0 Å². The molecule has 0 radical (unpaired) electrons. The zero-order chi connectivity index (χ0) is 18.4. The number of carbonyl (C=O) groups excluding carboxylic acids is 1. The van der Waals surface area contributed by atoms with Crippen LogP contribution in [0.2, 0.25) is 0 Å². The van der Waals surface area contributed by atoms with Crippen molar-refractivity contribution in [2.75, 3.05) is 23.1 Å². The number of benzene rings is 1. The van der Waals surface area contributed by atoms with Gasteiger partial charge < -0.3 is 5.32 Å². The highest BCUT2D eigenvalue weighted by Crippen LogP contribution is 2.24. The first kappa shape index (κ1) is 18.4. The minimum atomic E-state index is -3.27. The van der Waals surface area contributed by atoms with Crippen molar-refractivity contribution in [3.05, 3.63) is 59.9 Å². The van der Waals surface area contributed by atoms with Gasteiger partial charge in [-0.3, -0.25) is 14.1 Å². The number of pyridine rings is 1. The van der Waals surface area contributed by atoms with E-state index in [4.69, 9.17) is 0 Å². The smallest absolute Gasteiger partial charge is 0.251 e. The van der Waals surface area contributed by atoms with Gasteiger partial charge in [-0.2, -0.15) is 0 Å². The van der Waals surface area contributed by atoms with Gasteiger partial charge in [0.05, 0.1) is 11.4 Å². The minimum Gasteiger partial charge on any atom is -0.352 e. The van der Waals surface area contributed by atoms with Gasteiger partial charge in [0, 0.05) is 31.0 Å². The van der Waals surface area contributed by atoms with Gasteiger partial charge in [0.15, 0.2) is 0 Å². The summed E-state index contributed by atoms with van der Waals surface area (Å²) in [5, 5.41) is 2.89. The number of anilines is 1. The molecule has 1 saturated heterocycles. The summed E-state index contributed by atoms with van der Waals surface area (Å²) in [4.78, 5) is 16.4. The normalized spacial score (nSPS) is 16.2. The lowest BCUT2D eigenvalue weighted by molar-refractivity contribution is 0.0953. The third-order valence-electron chi connectivity index (χ3n) is 4.40. The predicted molar refractivity (Wildman–Crippen MR) is 102 cm³/mol. The van der Waals surface area contributed by atoms with Crippen LogP contribution in [0.1, 0.15) is 35.2 Å². The molecule has 2 aromatic rings. The summed E-state index contributed by atoms with van der Waals surface area (Å²) < 4.78 is 25.9. The number of nitrogens with one attached hydrogen (secondary N) is 1. The molecule has 0 spiro atoms. The van der Waals surface area contributed by atoms with Gasteiger partial charge in [0.1, 0.15) is 0 Å². The number of aryl methyl sites for hydroxylation is 1. The van der Waals surface area contributed by atoms with Crippen LogP contribution < -0.4 is 9.62 Å². The fourth-order valence-corrected chi connectivity index (χ4v) is 4.65. The summed E-state index contributed by atoms with van der Waals surface area (Å²) in [5.41, 5.74) is 2.18. The highest BCUT2D eigenvalue weighted by Gasteiger charge is 2.26. The second-order valence-corrected chi connectivity index (χ2v) is 8.38. The molecule has 1 N–H and O–H groups in total. The average Bonchev–Trinajstić information content (AvgIpc) is 2.65. The Morgan fingerprint density at radius 1 is 1.19 bits per heavy atom. The van der Waals surface area contributed by atoms with E-state index in [2.05, 4.69) is 10.3 Å². The Kier molecular flexibility index (Phi) is 5.88. The number of aromatic nitrogens is 1. The molecule has 7 heteroatoms. The predicted octanol–water partition coefficient (Wildman–Crippen LogP) is 2.37. The van der Waals surface area contributed by atoms with Gasteiger partial charge >= 0.3 is 0 Å². The number of nitrogens with zero attached hydrogens (tertiary/aromatic N) is 2. The first-order valence-electron chi connectivity index (χ1n) is 8.84. The van der Waals surface area contributed by atoms with Crippen molar-refractivity contribution in [3.63, 3.8) is 0 Å². The number of hydrogen-bond donors (Lipinski definition) is 1. The Morgan fingerprint density at radius 3 is 2.85 bits per heavy atom. The molecule has 1 aromatic carbocycles. The maximum atomic E-state index is 12.4. The number of carbonyl (C=O) groups is 1. The van der Waals surface area contributed by atoms with Crippen molar-refractivity contribution < 1.29 is 13.2 Å². The first-order chi connectivity index (χ1) is 12.6. The quantitative estimate of drug-likeness (QED) is 0.789. The van der Waals surface area contributed by atoms with Crippen molar-refractivity contribution in [3.8, 4) is 0 Å². The lowest BCUT2D eigenvalue weighted by atomic mass is 10.1. The van der Waals surface area contributed by atoms with Crippen molar-refractivity contribution in [2.24, 2.45) is 0 Å². The summed E-state index contributed by atoms with van der Waals surface area (Å²) in [6.07, 6.45) is 6.75. The Morgan fingerprint density at radius 2 is 2.08 bits per heavy atom. The monoisotopic (exact) mass is 373 g/mol. The van der Waals surface area contributed by atoms with E-state index in [-0.39, 0.29) is 11.7 Å². The second kappa shape index (κ2) is 8.31. The van der Waals surface area contributed by atoms with E-state index in [9.17, 15) is 13.2 Å². The fourth-order valence-electron chi connectivity index (χ4n) is 3.02. The molecule has 2 heterocycles. The highest BCUT2D eigenvalue weighted by atomic mass is 32.2. The Labute approximate surface area is 154 Å². The van der Waals surface area contributed by atoms with Crippen LogP contribution in [0.3, 0.4) is 0 Å². The van der Waals surface area contributed by atoms with Crippen LogP contribution in [0, 0.1) is 0 Å². The van der Waals surface area contributed by atoms with Crippen LogP contribution in [-0.4, -0.2) is 38.2 Å². The third-order valence-corrected chi connectivity index (χ3v) is 6.27. The molecule has 0 unspecified atom stereocenters. The number of sulfonamides is 1. The van der Waals surface area contributed by atoms with Crippen LogP contribution >= 0.6 is 0 Å². The van der Waals surface area contributed by atoms with Crippen molar-refractivity contribution in [2.45, 2.75) is 25.7 Å². The topological polar surface area (TPSA) is 79.4 Å². The van der Waals surface area contributed by atoms with Crippen LogP contribution in [0.25, 0.3) is 0 Å². The van der Waals surface area contributed by atoms with E-state index < -0.39 is 10.0 Å². The first-order valence-corrected chi connectivity index (χ1v) is 10.4. The molecule has 0 saturated carbocycles.